The van der Waals surface area contributed by atoms with Crippen molar-refractivity contribution in [1.29, 1.82) is 0 Å². The van der Waals surface area contributed by atoms with Crippen LogP contribution in [-0.2, 0) is 4.79 Å². The number of thioether (sulfide) groups is 1. The number of nitrogens with one attached hydrogen (secondary N) is 1. The van der Waals surface area contributed by atoms with Crippen molar-refractivity contribution in [3.8, 4) is 28.6 Å². The van der Waals surface area contributed by atoms with Crippen molar-refractivity contribution in [2.45, 2.75) is 12.1 Å². The first kappa shape index (κ1) is 24.0. The van der Waals surface area contributed by atoms with E-state index in [1.807, 2.05) is 66.1 Å². The molecule has 4 rings (SSSR count). The number of benzene rings is 3. The molecule has 35 heavy (non-hydrogen) atoms. The van der Waals surface area contributed by atoms with Gasteiger partial charge in [0.25, 0.3) is 5.91 Å². The third-order valence-electron chi connectivity index (χ3n) is 5.12. The van der Waals surface area contributed by atoms with E-state index < -0.39 is 0 Å². The minimum Gasteiger partial charge on any atom is -0.497 e. The molecule has 0 saturated heterocycles. The van der Waals surface area contributed by atoms with E-state index in [4.69, 9.17) is 9.47 Å². The average Bonchev–Trinajstić information content (AvgIpc) is 3.32. The standard InChI is InChI=1S/C26H25N5O3S/c1-18-9-11-19(12-10-18)25-29-30-26(31(25)21-7-5-4-6-8-21)35-17-24(32)28-27-16-20-15-22(33-2)13-14-23(20)34-3/h4-16H,17H2,1-3H3,(H,28,32)/b27-16-. The van der Waals surface area contributed by atoms with Crippen LogP contribution in [0.25, 0.3) is 17.1 Å². The Hall–Kier alpha value is -4.11. The lowest BCUT2D eigenvalue weighted by atomic mass is 10.1. The highest BCUT2D eigenvalue weighted by molar-refractivity contribution is 7.99. The van der Waals surface area contributed by atoms with Gasteiger partial charge < -0.3 is 9.47 Å². The summed E-state index contributed by atoms with van der Waals surface area (Å²) < 4.78 is 12.5. The number of nitrogens with zero attached hydrogens (tertiary/aromatic N) is 4. The van der Waals surface area contributed by atoms with Crippen LogP contribution in [-0.4, -0.2) is 46.9 Å². The highest BCUT2D eigenvalue weighted by Gasteiger charge is 2.17. The molecule has 178 valence electrons. The Morgan fingerprint density at radius 1 is 1.03 bits per heavy atom. The van der Waals surface area contributed by atoms with Gasteiger partial charge in [0, 0.05) is 16.8 Å². The summed E-state index contributed by atoms with van der Waals surface area (Å²) in [6, 6.07) is 23.3. The molecule has 0 unspecified atom stereocenters. The number of hydrogen-bond donors (Lipinski definition) is 1. The molecule has 0 saturated carbocycles. The van der Waals surface area contributed by atoms with Crippen molar-refractivity contribution in [3.05, 3.63) is 83.9 Å². The van der Waals surface area contributed by atoms with E-state index in [9.17, 15) is 4.79 Å². The van der Waals surface area contributed by atoms with Crippen molar-refractivity contribution >= 4 is 23.9 Å². The van der Waals surface area contributed by atoms with Gasteiger partial charge in [-0.05, 0) is 37.3 Å². The molecule has 1 amide bonds. The summed E-state index contributed by atoms with van der Waals surface area (Å²) in [5, 5.41) is 13.4. The number of aromatic nitrogens is 3. The maximum Gasteiger partial charge on any atom is 0.250 e. The minimum absolute atomic E-state index is 0.117. The van der Waals surface area contributed by atoms with Crippen LogP contribution in [0, 0.1) is 6.92 Å². The van der Waals surface area contributed by atoms with Crippen molar-refractivity contribution in [1.82, 2.24) is 20.2 Å². The fourth-order valence-corrected chi connectivity index (χ4v) is 4.08. The van der Waals surface area contributed by atoms with Crippen molar-refractivity contribution in [2.24, 2.45) is 5.10 Å². The number of carbonyl (C=O) groups is 1. The van der Waals surface area contributed by atoms with Gasteiger partial charge in [0.15, 0.2) is 11.0 Å². The number of ether oxygens (including phenoxy) is 2. The lowest BCUT2D eigenvalue weighted by Crippen LogP contribution is -2.20. The molecule has 1 aromatic heterocycles. The van der Waals surface area contributed by atoms with E-state index in [1.165, 1.54) is 18.0 Å². The Balaban J connectivity index is 1.48. The van der Waals surface area contributed by atoms with Gasteiger partial charge >= 0.3 is 0 Å². The highest BCUT2D eigenvalue weighted by atomic mass is 32.2. The predicted molar refractivity (Wildman–Crippen MR) is 138 cm³/mol. The minimum atomic E-state index is -0.271. The number of carbonyl (C=O) groups excluding carboxylic acids is 1. The second kappa shape index (κ2) is 11.3. The number of rotatable bonds is 9. The van der Waals surface area contributed by atoms with Crippen LogP contribution in [0.2, 0.25) is 0 Å². The largest absolute Gasteiger partial charge is 0.497 e. The topological polar surface area (TPSA) is 90.6 Å². The molecule has 0 radical (unpaired) electrons. The van der Waals surface area contributed by atoms with Crippen LogP contribution in [0.4, 0.5) is 0 Å². The monoisotopic (exact) mass is 487 g/mol. The fraction of sp³-hybridized carbons (Fsp3) is 0.154. The summed E-state index contributed by atoms with van der Waals surface area (Å²) in [7, 11) is 3.16. The lowest BCUT2D eigenvalue weighted by molar-refractivity contribution is -0.118. The van der Waals surface area contributed by atoms with Crippen molar-refractivity contribution < 1.29 is 14.3 Å². The predicted octanol–water partition coefficient (Wildman–Crippen LogP) is 4.50. The Morgan fingerprint density at radius 3 is 2.51 bits per heavy atom. The summed E-state index contributed by atoms with van der Waals surface area (Å²) in [5.41, 5.74) is 6.26. The molecular formula is C26H25N5O3S. The number of hydrazone groups is 1. The van der Waals surface area contributed by atoms with Crippen molar-refractivity contribution in [2.75, 3.05) is 20.0 Å². The van der Waals surface area contributed by atoms with Gasteiger partial charge in [0.2, 0.25) is 0 Å². The van der Waals surface area contributed by atoms with Crippen LogP contribution in [0.3, 0.4) is 0 Å². The van der Waals surface area contributed by atoms with E-state index in [0.29, 0.717) is 28.0 Å². The summed E-state index contributed by atoms with van der Waals surface area (Å²) in [4.78, 5) is 12.5. The number of para-hydroxylation sites is 1. The molecule has 8 nitrogen and oxygen atoms in total. The second-order valence-electron chi connectivity index (χ2n) is 7.53. The average molecular weight is 488 g/mol. The van der Waals surface area contributed by atoms with Gasteiger partial charge in [0.05, 0.1) is 26.2 Å². The van der Waals surface area contributed by atoms with Gasteiger partial charge in [-0.15, -0.1) is 10.2 Å². The van der Waals surface area contributed by atoms with Gasteiger partial charge in [-0.2, -0.15) is 5.10 Å². The molecule has 0 fully saturated rings. The second-order valence-corrected chi connectivity index (χ2v) is 8.48. The normalized spacial score (nSPS) is 10.9. The maximum atomic E-state index is 12.5. The molecule has 0 aliphatic rings. The Morgan fingerprint density at radius 2 is 1.80 bits per heavy atom. The smallest absolute Gasteiger partial charge is 0.250 e. The zero-order chi connectivity index (χ0) is 24.6. The summed E-state index contributed by atoms with van der Waals surface area (Å²) in [5.74, 6) is 1.84. The third-order valence-corrected chi connectivity index (χ3v) is 6.05. The first-order valence-electron chi connectivity index (χ1n) is 10.8. The van der Waals surface area contributed by atoms with E-state index in [1.54, 1.807) is 32.4 Å². The van der Waals surface area contributed by atoms with E-state index in [0.717, 1.165) is 16.8 Å². The Bertz CT molecular complexity index is 1320. The molecule has 0 bridgehead atoms. The van der Waals surface area contributed by atoms with E-state index in [2.05, 4.69) is 20.7 Å². The van der Waals surface area contributed by atoms with Crippen LogP contribution >= 0.6 is 11.8 Å². The first-order valence-corrected chi connectivity index (χ1v) is 11.8. The quantitative estimate of drug-likeness (QED) is 0.212. The Labute approximate surface area is 208 Å². The third kappa shape index (κ3) is 5.88. The highest BCUT2D eigenvalue weighted by Crippen LogP contribution is 2.28. The zero-order valence-electron chi connectivity index (χ0n) is 19.6. The zero-order valence-corrected chi connectivity index (χ0v) is 20.5. The van der Waals surface area contributed by atoms with E-state index in [-0.39, 0.29) is 11.7 Å². The SMILES string of the molecule is COc1ccc(OC)c(/C=N\NC(=O)CSc2nnc(-c3ccc(C)cc3)n2-c2ccccc2)c1. The van der Waals surface area contributed by atoms with Gasteiger partial charge in [-0.1, -0.05) is 59.8 Å². The number of aryl methyl sites for hydroxylation is 1. The van der Waals surface area contributed by atoms with Crippen LogP contribution in [0.5, 0.6) is 11.5 Å². The molecule has 1 heterocycles. The number of amides is 1. The van der Waals surface area contributed by atoms with Crippen LogP contribution in [0.1, 0.15) is 11.1 Å². The molecular weight excluding hydrogens is 462 g/mol. The molecule has 0 aliphatic carbocycles. The van der Waals surface area contributed by atoms with Crippen LogP contribution < -0.4 is 14.9 Å². The van der Waals surface area contributed by atoms with E-state index >= 15 is 0 Å². The maximum absolute atomic E-state index is 12.5. The van der Waals surface area contributed by atoms with Crippen molar-refractivity contribution in [3.63, 3.8) is 0 Å². The Kier molecular flexibility index (Phi) is 7.79. The number of methoxy groups -OCH3 is 2. The number of hydrogen-bond acceptors (Lipinski definition) is 7. The van der Waals surface area contributed by atoms with Gasteiger partial charge in [0.1, 0.15) is 11.5 Å². The van der Waals surface area contributed by atoms with Gasteiger partial charge in [-0.3, -0.25) is 9.36 Å². The molecule has 0 atom stereocenters. The fourth-order valence-electron chi connectivity index (χ4n) is 3.34. The summed E-state index contributed by atoms with van der Waals surface area (Å²) in [6.45, 7) is 2.04. The van der Waals surface area contributed by atoms with Crippen LogP contribution in [0.15, 0.2) is 83.1 Å². The molecule has 9 heteroatoms. The molecule has 0 spiro atoms. The first-order chi connectivity index (χ1) is 17.1. The summed E-state index contributed by atoms with van der Waals surface area (Å²) >= 11 is 1.29. The van der Waals surface area contributed by atoms with Gasteiger partial charge in [-0.25, -0.2) is 5.43 Å². The molecule has 1 N–H and O–H groups in total. The lowest BCUT2D eigenvalue weighted by Gasteiger charge is -2.10. The molecule has 0 aliphatic heterocycles. The molecule has 4 aromatic rings. The molecule has 3 aromatic carbocycles. The summed E-state index contributed by atoms with van der Waals surface area (Å²) in [6.07, 6.45) is 1.52.